The van der Waals surface area contributed by atoms with Gasteiger partial charge in [0, 0.05) is 13.1 Å². The summed E-state index contributed by atoms with van der Waals surface area (Å²) in [5, 5.41) is 17.2. The number of likely N-dealkylation sites (N-methyl/N-ethyl adjacent to an activating group) is 1. The second kappa shape index (κ2) is 12.1. The Kier molecular flexibility index (Phi) is 10.6. The summed E-state index contributed by atoms with van der Waals surface area (Å²) in [6.45, 7) is 11.4. The van der Waals surface area contributed by atoms with Gasteiger partial charge in [-0.2, -0.15) is 0 Å². The molecule has 0 saturated carbocycles. The maximum Gasteiger partial charge on any atom is 0.191 e. The molecular formula is C20H33IN4O3. The number of nitrogens with zero attached hydrogens (tertiary/aromatic N) is 2. The lowest BCUT2D eigenvalue weighted by Crippen LogP contribution is -2.43. The van der Waals surface area contributed by atoms with Gasteiger partial charge in [0.1, 0.15) is 17.1 Å². The van der Waals surface area contributed by atoms with Crippen LogP contribution in [0.3, 0.4) is 0 Å². The lowest BCUT2D eigenvalue weighted by Gasteiger charge is -2.29. The quantitative estimate of drug-likeness (QED) is 0.262. The highest BCUT2D eigenvalue weighted by Crippen LogP contribution is 2.22. The largest absolute Gasteiger partial charge is 0.468 e. The zero-order valence-electron chi connectivity index (χ0n) is 17.1. The Labute approximate surface area is 184 Å². The van der Waals surface area contributed by atoms with Gasteiger partial charge in [-0.25, -0.2) is 4.99 Å². The Morgan fingerprint density at radius 1 is 1.14 bits per heavy atom. The molecule has 0 spiro atoms. The van der Waals surface area contributed by atoms with E-state index in [4.69, 9.17) is 8.83 Å². The van der Waals surface area contributed by atoms with Crippen molar-refractivity contribution in [1.82, 2.24) is 15.5 Å². The number of hydrogen-bond donors (Lipinski definition) is 3. The maximum absolute atomic E-state index is 10.6. The molecule has 2 unspecified atom stereocenters. The molecule has 0 amide bonds. The van der Waals surface area contributed by atoms with E-state index in [-0.39, 0.29) is 36.6 Å². The third kappa shape index (κ3) is 6.82. The highest BCUT2D eigenvalue weighted by molar-refractivity contribution is 14.0. The molecule has 7 nitrogen and oxygen atoms in total. The second-order valence-corrected chi connectivity index (χ2v) is 6.58. The van der Waals surface area contributed by atoms with E-state index in [9.17, 15) is 5.11 Å². The fraction of sp³-hybridized carbons (Fsp3) is 0.550. The van der Waals surface area contributed by atoms with Crippen molar-refractivity contribution in [3.05, 3.63) is 48.3 Å². The predicted octanol–water partition coefficient (Wildman–Crippen LogP) is 3.34. The molecule has 0 aromatic carbocycles. The van der Waals surface area contributed by atoms with Gasteiger partial charge in [0.2, 0.25) is 0 Å². The van der Waals surface area contributed by atoms with E-state index < -0.39 is 5.60 Å². The van der Waals surface area contributed by atoms with Crippen molar-refractivity contribution in [3.63, 3.8) is 0 Å². The highest BCUT2D eigenvalue weighted by atomic mass is 127. The van der Waals surface area contributed by atoms with Gasteiger partial charge in [0.05, 0.1) is 25.1 Å². The van der Waals surface area contributed by atoms with Crippen LogP contribution in [0.1, 0.15) is 45.3 Å². The van der Waals surface area contributed by atoms with Crippen molar-refractivity contribution in [2.45, 2.75) is 39.3 Å². The van der Waals surface area contributed by atoms with E-state index in [1.807, 2.05) is 19.1 Å². The second-order valence-electron chi connectivity index (χ2n) is 6.58. The van der Waals surface area contributed by atoms with Gasteiger partial charge in [-0.3, -0.25) is 4.90 Å². The molecule has 8 heteroatoms. The summed E-state index contributed by atoms with van der Waals surface area (Å²) in [5.41, 5.74) is -1.16. The summed E-state index contributed by atoms with van der Waals surface area (Å²) in [5.74, 6) is 2.07. The molecule has 2 aromatic heterocycles. The number of furan rings is 2. The average Bonchev–Trinajstić information content (AvgIpc) is 3.37. The minimum absolute atomic E-state index is 0. The number of guanidine groups is 1. The summed E-state index contributed by atoms with van der Waals surface area (Å²) < 4.78 is 11.0. The van der Waals surface area contributed by atoms with Crippen molar-refractivity contribution < 1.29 is 13.9 Å². The normalized spacial score (nSPS) is 15.0. The van der Waals surface area contributed by atoms with Crippen molar-refractivity contribution in [2.75, 3.05) is 32.7 Å². The zero-order valence-corrected chi connectivity index (χ0v) is 19.5. The summed E-state index contributed by atoms with van der Waals surface area (Å²) in [6, 6.07) is 7.52. The number of halogens is 1. The summed E-state index contributed by atoms with van der Waals surface area (Å²) in [6.07, 6.45) is 3.25. The molecule has 0 aliphatic carbocycles. The predicted molar refractivity (Wildman–Crippen MR) is 122 cm³/mol. The van der Waals surface area contributed by atoms with Crippen LogP contribution in [0.15, 0.2) is 50.6 Å². The molecule has 0 bridgehead atoms. The van der Waals surface area contributed by atoms with Gasteiger partial charge in [-0.1, -0.05) is 13.8 Å². The minimum Gasteiger partial charge on any atom is -0.468 e. The van der Waals surface area contributed by atoms with Crippen LogP contribution in [0.4, 0.5) is 0 Å². The van der Waals surface area contributed by atoms with Gasteiger partial charge >= 0.3 is 0 Å². The highest BCUT2D eigenvalue weighted by Gasteiger charge is 2.26. The topological polar surface area (TPSA) is 86.2 Å². The van der Waals surface area contributed by atoms with E-state index in [0.29, 0.717) is 18.3 Å². The van der Waals surface area contributed by atoms with Gasteiger partial charge in [0.25, 0.3) is 0 Å². The van der Waals surface area contributed by atoms with E-state index in [0.717, 1.165) is 25.4 Å². The van der Waals surface area contributed by atoms with Crippen LogP contribution in [0, 0.1) is 0 Å². The Morgan fingerprint density at radius 2 is 1.82 bits per heavy atom. The first-order valence-corrected chi connectivity index (χ1v) is 9.57. The van der Waals surface area contributed by atoms with Gasteiger partial charge < -0.3 is 24.6 Å². The number of rotatable bonds is 10. The molecule has 0 aliphatic rings. The van der Waals surface area contributed by atoms with Crippen molar-refractivity contribution >= 4 is 29.9 Å². The molecule has 3 N–H and O–H groups in total. The summed E-state index contributed by atoms with van der Waals surface area (Å²) >= 11 is 0. The van der Waals surface area contributed by atoms with Crippen molar-refractivity contribution in [2.24, 2.45) is 4.99 Å². The van der Waals surface area contributed by atoms with Crippen LogP contribution in [0.2, 0.25) is 0 Å². The van der Waals surface area contributed by atoms with E-state index in [1.165, 1.54) is 0 Å². The monoisotopic (exact) mass is 504 g/mol. The molecule has 0 saturated heterocycles. The third-order valence-electron chi connectivity index (χ3n) is 4.53. The Hall–Kier alpha value is -1.52. The third-order valence-corrected chi connectivity index (χ3v) is 4.53. The van der Waals surface area contributed by atoms with E-state index >= 15 is 0 Å². The molecule has 0 radical (unpaired) electrons. The lowest BCUT2D eigenvalue weighted by atomic mass is 10.0. The first-order valence-electron chi connectivity index (χ1n) is 9.57. The molecule has 2 rings (SSSR count). The summed E-state index contributed by atoms with van der Waals surface area (Å²) in [4.78, 5) is 6.87. The molecule has 158 valence electrons. The minimum atomic E-state index is -1.16. The lowest BCUT2D eigenvalue weighted by molar-refractivity contribution is 0.0437. The molecule has 2 heterocycles. The van der Waals surface area contributed by atoms with Crippen molar-refractivity contribution in [3.8, 4) is 0 Å². The van der Waals surface area contributed by atoms with Gasteiger partial charge in [-0.15, -0.1) is 24.0 Å². The van der Waals surface area contributed by atoms with Gasteiger partial charge in [-0.05, 0) is 51.2 Å². The van der Waals surface area contributed by atoms with Crippen LogP contribution < -0.4 is 10.6 Å². The molecule has 0 fully saturated rings. The molecule has 0 aliphatic heterocycles. The number of hydrogen-bond acceptors (Lipinski definition) is 5. The van der Waals surface area contributed by atoms with E-state index in [1.54, 1.807) is 31.6 Å². The van der Waals surface area contributed by atoms with E-state index in [2.05, 4.69) is 34.4 Å². The van der Waals surface area contributed by atoms with Crippen LogP contribution in [-0.4, -0.2) is 48.7 Å². The van der Waals surface area contributed by atoms with Crippen LogP contribution in [0.25, 0.3) is 0 Å². The fourth-order valence-corrected chi connectivity index (χ4v) is 2.99. The SMILES string of the molecule is CCNC(=NCC(C)(O)c1ccco1)NCC(c1ccco1)N(CC)CC.I. The number of aliphatic hydroxyl groups is 1. The molecule has 2 aromatic rings. The maximum atomic E-state index is 10.6. The van der Waals surface area contributed by atoms with Crippen LogP contribution in [-0.2, 0) is 5.60 Å². The Morgan fingerprint density at radius 3 is 2.36 bits per heavy atom. The van der Waals surface area contributed by atoms with Crippen molar-refractivity contribution in [1.29, 1.82) is 0 Å². The fourth-order valence-electron chi connectivity index (χ4n) is 2.99. The zero-order chi connectivity index (χ0) is 19.7. The first kappa shape index (κ1) is 24.5. The van der Waals surface area contributed by atoms with Crippen LogP contribution in [0.5, 0.6) is 0 Å². The Bertz CT molecular complexity index is 668. The number of nitrogens with one attached hydrogen (secondary N) is 2. The van der Waals surface area contributed by atoms with Gasteiger partial charge in [0.15, 0.2) is 5.96 Å². The average molecular weight is 504 g/mol. The number of aliphatic imine (C=N–C) groups is 1. The Balaban J connectivity index is 0.00000392. The molecular weight excluding hydrogens is 471 g/mol. The standard InChI is InChI=1S/C20H32N4O3.HI/c1-5-21-19(23-15-20(4,25)18-11-9-13-27-18)22-14-16(24(6-2)7-3)17-10-8-12-26-17;/h8-13,16,25H,5-7,14-15H2,1-4H3,(H2,21,22,23);1H. The first-order chi connectivity index (χ1) is 13.0. The molecule has 2 atom stereocenters. The summed E-state index contributed by atoms with van der Waals surface area (Å²) in [7, 11) is 0. The smallest absolute Gasteiger partial charge is 0.191 e. The van der Waals surface area contributed by atoms with Crippen LogP contribution >= 0.6 is 24.0 Å². The molecule has 28 heavy (non-hydrogen) atoms.